The maximum atomic E-state index is 10.4. The molecule has 12 heavy (non-hydrogen) atoms. The van der Waals surface area contributed by atoms with Gasteiger partial charge in [0.25, 0.3) is 0 Å². The number of hydrogen-bond acceptors (Lipinski definition) is 4. The summed E-state index contributed by atoms with van der Waals surface area (Å²) in [5.41, 5.74) is 0. The lowest BCUT2D eigenvalue weighted by atomic mass is 10.4. The molecule has 66 valence electrons. The summed E-state index contributed by atoms with van der Waals surface area (Å²) < 4.78 is 1.84. The summed E-state index contributed by atoms with van der Waals surface area (Å²) in [5.74, 6) is 1.28. The van der Waals surface area contributed by atoms with Gasteiger partial charge in [0.15, 0.2) is 12.1 Å². The van der Waals surface area contributed by atoms with Crippen molar-refractivity contribution in [1.29, 1.82) is 0 Å². The second-order valence-corrected chi connectivity index (χ2v) is 2.42. The standard InChI is InChI=1S/C6H8N4O.ClH/c11-4-6-9-8-5-3-7-1-2-10(5)6;/h4,7H,1-3H2;1H. The van der Waals surface area contributed by atoms with Crippen LogP contribution in [0.5, 0.6) is 0 Å². The van der Waals surface area contributed by atoms with Crippen LogP contribution >= 0.6 is 12.4 Å². The number of nitrogens with one attached hydrogen (secondary N) is 1. The Balaban J connectivity index is 0.000000720. The first-order valence-electron chi connectivity index (χ1n) is 3.50. The number of carbonyl (C=O) groups is 1. The second kappa shape index (κ2) is 3.64. The van der Waals surface area contributed by atoms with Gasteiger partial charge in [-0.05, 0) is 0 Å². The first kappa shape index (κ1) is 9.15. The zero-order valence-electron chi connectivity index (χ0n) is 6.36. The Morgan fingerprint density at radius 1 is 1.50 bits per heavy atom. The molecule has 0 amide bonds. The zero-order chi connectivity index (χ0) is 7.68. The Hall–Kier alpha value is -0.940. The zero-order valence-corrected chi connectivity index (χ0v) is 7.17. The number of aldehydes is 1. The first-order chi connectivity index (χ1) is 5.42. The maximum absolute atomic E-state index is 10.4. The Kier molecular flexibility index (Phi) is 2.78. The fourth-order valence-corrected chi connectivity index (χ4v) is 1.20. The number of aromatic nitrogens is 3. The van der Waals surface area contributed by atoms with E-state index in [0.29, 0.717) is 12.4 Å². The van der Waals surface area contributed by atoms with E-state index in [1.807, 2.05) is 4.57 Å². The van der Waals surface area contributed by atoms with Crippen molar-refractivity contribution < 1.29 is 4.79 Å². The summed E-state index contributed by atoms with van der Waals surface area (Å²) in [6, 6.07) is 0. The molecule has 0 aromatic carbocycles. The second-order valence-electron chi connectivity index (χ2n) is 2.42. The molecule has 1 aromatic heterocycles. The Morgan fingerprint density at radius 3 is 3.08 bits per heavy atom. The number of nitrogens with zero attached hydrogens (tertiary/aromatic N) is 3. The largest absolute Gasteiger partial charge is 0.308 e. The van der Waals surface area contributed by atoms with Gasteiger partial charge in [-0.1, -0.05) is 0 Å². The highest BCUT2D eigenvalue weighted by molar-refractivity contribution is 5.85. The highest BCUT2D eigenvalue weighted by atomic mass is 35.5. The van der Waals surface area contributed by atoms with Crippen LogP contribution in [-0.2, 0) is 13.1 Å². The molecule has 0 spiro atoms. The predicted octanol–water partition coefficient (Wildman–Crippen LogP) is -0.384. The average Bonchev–Trinajstić information content (AvgIpc) is 2.47. The highest BCUT2D eigenvalue weighted by Crippen LogP contribution is 2.02. The van der Waals surface area contributed by atoms with Crippen LogP contribution in [0.15, 0.2) is 0 Å². The molecule has 0 saturated heterocycles. The minimum atomic E-state index is 0. The molecule has 2 heterocycles. The van der Waals surface area contributed by atoms with Crippen LogP contribution in [0.25, 0.3) is 0 Å². The van der Waals surface area contributed by atoms with Gasteiger partial charge >= 0.3 is 0 Å². The molecule has 1 aliphatic rings. The topological polar surface area (TPSA) is 59.8 Å². The summed E-state index contributed by atoms with van der Waals surface area (Å²) in [6.07, 6.45) is 0.738. The SMILES string of the molecule is Cl.O=Cc1nnc2n1CCNC2. The van der Waals surface area contributed by atoms with E-state index in [2.05, 4.69) is 15.5 Å². The molecule has 0 saturated carbocycles. The molecule has 1 N–H and O–H groups in total. The van der Waals surface area contributed by atoms with Crippen LogP contribution in [0.2, 0.25) is 0 Å². The van der Waals surface area contributed by atoms with Crippen molar-refractivity contribution in [2.45, 2.75) is 13.1 Å². The van der Waals surface area contributed by atoms with Crippen molar-refractivity contribution in [3.8, 4) is 0 Å². The third-order valence-electron chi connectivity index (χ3n) is 1.76. The molecule has 0 fully saturated rings. The number of rotatable bonds is 1. The normalized spacial score (nSPS) is 14.7. The van der Waals surface area contributed by atoms with E-state index in [0.717, 1.165) is 25.2 Å². The molecule has 0 bridgehead atoms. The van der Waals surface area contributed by atoms with Crippen molar-refractivity contribution in [3.05, 3.63) is 11.6 Å². The van der Waals surface area contributed by atoms with Gasteiger partial charge in [0.1, 0.15) is 5.82 Å². The van der Waals surface area contributed by atoms with Crippen molar-refractivity contribution in [2.24, 2.45) is 0 Å². The van der Waals surface area contributed by atoms with Gasteiger partial charge in [-0.25, -0.2) is 0 Å². The third-order valence-corrected chi connectivity index (χ3v) is 1.76. The molecule has 0 unspecified atom stereocenters. The highest BCUT2D eigenvalue weighted by Gasteiger charge is 2.13. The Morgan fingerprint density at radius 2 is 2.33 bits per heavy atom. The number of halogens is 1. The van der Waals surface area contributed by atoms with Crippen molar-refractivity contribution in [3.63, 3.8) is 0 Å². The Labute approximate surface area is 75.6 Å². The van der Waals surface area contributed by atoms with E-state index < -0.39 is 0 Å². The number of carbonyl (C=O) groups excluding carboxylic acids is 1. The molecule has 6 heteroatoms. The minimum absolute atomic E-state index is 0. The number of hydrogen-bond donors (Lipinski definition) is 1. The van der Waals surface area contributed by atoms with Crippen LogP contribution in [0.1, 0.15) is 16.4 Å². The lowest BCUT2D eigenvalue weighted by Gasteiger charge is -2.13. The van der Waals surface area contributed by atoms with Crippen molar-refractivity contribution in [2.75, 3.05) is 6.54 Å². The summed E-state index contributed by atoms with van der Waals surface area (Å²) >= 11 is 0. The minimum Gasteiger partial charge on any atom is -0.308 e. The van der Waals surface area contributed by atoms with E-state index in [-0.39, 0.29) is 12.4 Å². The number of fused-ring (bicyclic) bond motifs is 1. The maximum Gasteiger partial charge on any atom is 0.196 e. The molecule has 0 aliphatic carbocycles. The van der Waals surface area contributed by atoms with E-state index in [1.54, 1.807) is 0 Å². The fraction of sp³-hybridized carbons (Fsp3) is 0.500. The molecule has 5 nitrogen and oxygen atoms in total. The van der Waals surface area contributed by atoms with Crippen LogP contribution in [-0.4, -0.2) is 27.6 Å². The summed E-state index contributed by atoms with van der Waals surface area (Å²) in [4.78, 5) is 10.4. The summed E-state index contributed by atoms with van der Waals surface area (Å²) in [6.45, 7) is 2.38. The van der Waals surface area contributed by atoms with E-state index in [4.69, 9.17) is 0 Å². The van der Waals surface area contributed by atoms with Gasteiger partial charge in [-0.2, -0.15) is 0 Å². The lowest BCUT2D eigenvalue weighted by Crippen LogP contribution is -2.29. The van der Waals surface area contributed by atoms with E-state index in [9.17, 15) is 4.79 Å². The van der Waals surface area contributed by atoms with E-state index in [1.165, 1.54) is 0 Å². The fourth-order valence-electron chi connectivity index (χ4n) is 1.20. The van der Waals surface area contributed by atoms with Crippen LogP contribution < -0.4 is 5.32 Å². The van der Waals surface area contributed by atoms with Gasteiger partial charge < -0.3 is 9.88 Å². The monoisotopic (exact) mass is 188 g/mol. The molecule has 1 aromatic rings. The summed E-state index contributed by atoms with van der Waals surface area (Å²) in [7, 11) is 0. The molecular formula is C6H9ClN4O. The lowest BCUT2D eigenvalue weighted by molar-refractivity contribution is 0.111. The van der Waals surface area contributed by atoms with E-state index >= 15 is 0 Å². The van der Waals surface area contributed by atoms with Gasteiger partial charge in [-0.15, -0.1) is 22.6 Å². The first-order valence-corrected chi connectivity index (χ1v) is 3.50. The average molecular weight is 189 g/mol. The smallest absolute Gasteiger partial charge is 0.196 e. The Bertz CT molecular complexity index is 285. The van der Waals surface area contributed by atoms with Crippen LogP contribution in [0.4, 0.5) is 0 Å². The predicted molar refractivity (Wildman–Crippen MR) is 44.4 cm³/mol. The quantitative estimate of drug-likeness (QED) is 0.611. The van der Waals surface area contributed by atoms with Gasteiger partial charge in [0.05, 0.1) is 6.54 Å². The van der Waals surface area contributed by atoms with Crippen LogP contribution in [0, 0.1) is 0 Å². The molecule has 0 radical (unpaired) electrons. The van der Waals surface area contributed by atoms with Crippen molar-refractivity contribution in [1.82, 2.24) is 20.1 Å². The third kappa shape index (κ3) is 1.33. The van der Waals surface area contributed by atoms with Gasteiger partial charge in [-0.3, -0.25) is 4.79 Å². The van der Waals surface area contributed by atoms with Crippen molar-refractivity contribution >= 4 is 18.7 Å². The molecule has 1 aliphatic heterocycles. The van der Waals surface area contributed by atoms with Crippen LogP contribution in [0.3, 0.4) is 0 Å². The molecule has 2 rings (SSSR count). The summed E-state index contributed by atoms with van der Waals surface area (Å²) in [5, 5.41) is 10.7. The van der Waals surface area contributed by atoms with Gasteiger partial charge in [0.2, 0.25) is 0 Å². The molecule has 0 atom stereocenters. The molecular weight excluding hydrogens is 180 g/mol. The van der Waals surface area contributed by atoms with Gasteiger partial charge in [0, 0.05) is 13.1 Å².